The van der Waals surface area contributed by atoms with Gasteiger partial charge in [-0.3, -0.25) is 4.99 Å². The number of hydrogen-bond acceptors (Lipinski definition) is 4. The molecule has 0 saturated carbocycles. The van der Waals surface area contributed by atoms with E-state index in [2.05, 4.69) is 29.1 Å². The topological polar surface area (TPSA) is 72.1 Å². The van der Waals surface area contributed by atoms with Gasteiger partial charge in [0.05, 0.1) is 19.9 Å². The normalized spacial score (nSPS) is 21.8. The number of nitrogens with zero attached hydrogens (tertiary/aromatic N) is 2. The summed E-state index contributed by atoms with van der Waals surface area (Å²) in [7, 11) is 3.26. The lowest BCUT2D eigenvalue weighted by Gasteiger charge is -2.34. The van der Waals surface area contributed by atoms with Crippen molar-refractivity contribution in [1.29, 1.82) is 0 Å². The van der Waals surface area contributed by atoms with Gasteiger partial charge in [0.15, 0.2) is 5.96 Å². The highest BCUT2D eigenvalue weighted by atomic mass is 16.5. The molecule has 3 N–H and O–H groups in total. The fraction of sp³-hybridized carbons (Fsp3) is 0.632. The molecule has 0 aliphatic carbocycles. The van der Waals surface area contributed by atoms with Crippen LogP contribution in [-0.4, -0.2) is 51.3 Å². The molecule has 1 aliphatic rings. The van der Waals surface area contributed by atoms with Crippen LogP contribution in [0.5, 0.6) is 11.5 Å². The number of guanidine groups is 1. The van der Waals surface area contributed by atoms with E-state index >= 15 is 0 Å². The highest BCUT2D eigenvalue weighted by Crippen LogP contribution is 2.28. The molecule has 25 heavy (non-hydrogen) atoms. The number of rotatable bonds is 7. The molecule has 2 atom stereocenters. The lowest BCUT2D eigenvalue weighted by molar-refractivity contribution is 0.140. The summed E-state index contributed by atoms with van der Waals surface area (Å²) in [5.74, 6) is 3.42. The second-order valence-corrected chi connectivity index (χ2v) is 7.02. The van der Waals surface area contributed by atoms with Gasteiger partial charge in [-0.25, -0.2) is 0 Å². The first-order valence-electron chi connectivity index (χ1n) is 9.03. The zero-order valence-electron chi connectivity index (χ0n) is 15.9. The quantitative estimate of drug-likeness (QED) is 0.450. The highest BCUT2D eigenvalue weighted by Gasteiger charge is 2.20. The predicted octanol–water partition coefficient (Wildman–Crippen LogP) is 2.80. The van der Waals surface area contributed by atoms with Crippen molar-refractivity contribution >= 4 is 11.6 Å². The van der Waals surface area contributed by atoms with Gasteiger partial charge < -0.3 is 25.4 Å². The Hall–Kier alpha value is -1.95. The van der Waals surface area contributed by atoms with Crippen LogP contribution in [0, 0.1) is 11.8 Å². The minimum Gasteiger partial charge on any atom is -0.497 e. The van der Waals surface area contributed by atoms with Crippen molar-refractivity contribution in [2.24, 2.45) is 22.6 Å². The second-order valence-electron chi connectivity index (χ2n) is 7.02. The van der Waals surface area contributed by atoms with Crippen molar-refractivity contribution < 1.29 is 9.47 Å². The molecule has 1 heterocycles. The number of aliphatic imine (C=N–C) groups is 1. The van der Waals surface area contributed by atoms with E-state index < -0.39 is 0 Å². The minimum absolute atomic E-state index is 0.395. The number of benzene rings is 1. The van der Waals surface area contributed by atoms with E-state index in [-0.39, 0.29) is 0 Å². The maximum atomic E-state index is 6.01. The van der Waals surface area contributed by atoms with Crippen molar-refractivity contribution in [3.05, 3.63) is 18.2 Å². The Morgan fingerprint density at radius 2 is 1.96 bits per heavy atom. The Kier molecular flexibility index (Phi) is 7.37. The smallest absolute Gasteiger partial charge is 0.193 e. The first kappa shape index (κ1) is 19.4. The monoisotopic (exact) mass is 348 g/mol. The fourth-order valence-corrected chi connectivity index (χ4v) is 3.56. The third kappa shape index (κ3) is 6.12. The fourth-order valence-electron chi connectivity index (χ4n) is 3.56. The summed E-state index contributed by atoms with van der Waals surface area (Å²) in [6.45, 7) is 8.86. The molecule has 0 radical (unpaired) electrons. The van der Waals surface area contributed by atoms with Gasteiger partial charge in [-0.1, -0.05) is 13.8 Å². The van der Waals surface area contributed by atoms with Crippen molar-refractivity contribution in [3.8, 4) is 11.5 Å². The van der Waals surface area contributed by atoms with Crippen LogP contribution in [0.25, 0.3) is 0 Å². The third-order valence-electron chi connectivity index (χ3n) is 4.53. The molecular weight excluding hydrogens is 316 g/mol. The summed E-state index contributed by atoms with van der Waals surface area (Å²) < 4.78 is 10.6. The van der Waals surface area contributed by atoms with E-state index in [9.17, 15) is 0 Å². The molecule has 2 rings (SSSR count). The van der Waals surface area contributed by atoms with E-state index in [1.54, 1.807) is 14.2 Å². The summed E-state index contributed by atoms with van der Waals surface area (Å²) in [5, 5.41) is 3.10. The zero-order chi connectivity index (χ0) is 18.2. The lowest BCUT2D eigenvalue weighted by Crippen LogP contribution is -2.39. The predicted molar refractivity (Wildman–Crippen MR) is 104 cm³/mol. The van der Waals surface area contributed by atoms with Crippen LogP contribution in [0.4, 0.5) is 5.69 Å². The standard InChI is InChI=1S/C19H32N4O2/c1-14-10-15(2)13-23(12-14)9-5-8-21-19(20)22-17-11-16(24-3)6-7-18(17)25-4/h6-7,11,14-15H,5,8-10,12-13H2,1-4H3,(H3,20,21,22). The number of methoxy groups -OCH3 is 2. The van der Waals surface area contributed by atoms with E-state index in [0.29, 0.717) is 18.3 Å². The second kappa shape index (κ2) is 9.51. The molecule has 2 unspecified atom stereocenters. The Bertz CT molecular complexity index is 567. The summed E-state index contributed by atoms with van der Waals surface area (Å²) in [5.41, 5.74) is 6.76. The molecule has 0 spiro atoms. The summed E-state index contributed by atoms with van der Waals surface area (Å²) in [6, 6.07) is 5.53. The lowest BCUT2D eigenvalue weighted by atomic mass is 9.92. The molecular formula is C19H32N4O2. The molecule has 0 amide bonds. The number of anilines is 1. The highest BCUT2D eigenvalue weighted by molar-refractivity contribution is 5.93. The number of nitrogens with one attached hydrogen (secondary N) is 1. The number of piperidine rings is 1. The van der Waals surface area contributed by atoms with Crippen molar-refractivity contribution in [3.63, 3.8) is 0 Å². The van der Waals surface area contributed by atoms with Gasteiger partial charge in [0.25, 0.3) is 0 Å². The van der Waals surface area contributed by atoms with Crippen LogP contribution in [-0.2, 0) is 0 Å². The maximum absolute atomic E-state index is 6.01. The minimum atomic E-state index is 0.395. The summed E-state index contributed by atoms with van der Waals surface area (Å²) in [4.78, 5) is 6.98. The van der Waals surface area contributed by atoms with Gasteiger partial charge in [-0.2, -0.15) is 0 Å². The molecule has 1 saturated heterocycles. The van der Waals surface area contributed by atoms with Gasteiger partial charge in [0, 0.05) is 25.7 Å². The Balaban J connectivity index is 1.82. The van der Waals surface area contributed by atoms with Gasteiger partial charge in [-0.15, -0.1) is 0 Å². The molecule has 6 heteroatoms. The van der Waals surface area contributed by atoms with Gasteiger partial charge >= 0.3 is 0 Å². The Labute approximate surface area is 151 Å². The first-order valence-corrected chi connectivity index (χ1v) is 9.03. The molecule has 1 aliphatic heterocycles. The average molecular weight is 348 g/mol. The van der Waals surface area contributed by atoms with Gasteiger partial charge in [-0.05, 0) is 43.4 Å². The number of nitrogens with two attached hydrogens (primary N) is 1. The van der Waals surface area contributed by atoms with E-state index in [4.69, 9.17) is 15.2 Å². The van der Waals surface area contributed by atoms with Crippen molar-refractivity contribution in [1.82, 2.24) is 4.90 Å². The molecule has 6 nitrogen and oxygen atoms in total. The van der Waals surface area contributed by atoms with Crippen molar-refractivity contribution in [2.75, 3.05) is 45.7 Å². The first-order chi connectivity index (χ1) is 12.0. The molecule has 1 fully saturated rings. The molecule has 1 aromatic carbocycles. The van der Waals surface area contributed by atoms with Crippen LogP contribution < -0.4 is 20.5 Å². The van der Waals surface area contributed by atoms with Crippen LogP contribution in [0.15, 0.2) is 23.2 Å². The van der Waals surface area contributed by atoms with Crippen molar-refractivity contribution in [2.45, 2.75) is 26.7 Å². The zero-order valence-corrected chi connectivity index (χ0v) is 15.9. The van der Waals surface area contributed by atoms with Crippen LogP contribution >= 0.6 is 0 Å². The van der Waals surface area contributed by atoms with E-state index in [1.807, 2.05) is 18.2 Å². The van der Waals surface area contributed by atoms with E-state index in [0.717, 1.165) is 36.2 Å². The summed E-state index contributed by atoms with van der Waals surface area (Å²) in [6.07, 6.45) is 2.35. The molecule has 140 valence electrons. The SMILES string of the molecule is COc1ccc(OC)c(NC(N)=NCCCN2CC(C)CC(C)C2)c1. The maximum Gasteiger partial charge on any atom is 0.193 e. The van der Waals surface area contributed by atoms with Crippen LogP contribution in [0.2, 0.25) is 0 Å². The molecule has 0 aromatic heterocycles. The molecule has 1 aromatic rings. The number of hydrogen-bond donors (Lipinski definition) is 2. The number of likely N-dealkylation sites (tertiary alicyclic amines) is 1. The average Bonchev–Trinajstić information content (AvgIpc) is 2.58. The Morgan fingerprint density at radius 3 is 2.60 bits per heavy atom. The largest absolute Gasteiger partial charge is 0.497 e. The Morgan fingerprint density at radius 1 is 1.24 bits per heavy atom. The third-order valence-corrected chi connectivity index (χ3v) is 4.53. The van der Waals surface area contributed by atoms with Gasteiger partial charge in [0.1, 0.15) is 11.5 Å². The van der Waals surface area contributed by atoms with Gasteiger partial charge in [0.2, 0.25) is 0 Å². The number of ether oxygens (including phenoxy) is 2. The summed E-state index contributed by atoms with van der Waals surface area (Å²) >= 11 is 0. The van der Waals surface area contributed by atoms with E-state index in [1.165, 1.54) is 19.5 Å². The molecule has 0 bridgehead atoms. The van der Waals surface area contributed by atoms with Crippen LogP contribution in [0.1, 0.15) is 26.7 Å². The van der Waals surface area contributed by atoms with Crippen LogP contribution in [0.3, 0.4) is 0 Å².